The van der Waals surface area contributed by atoms with Gasteiger partial charge in [-0.3, -0.25) is 4.74 Å². The molecule has 2 atom stereocenters. The van der Waals surface area contributed by atoms with Crippen LogP contribution in [0.2, 0.25) is 0 Å². The second kappa shape index (κ2) is 5.70. The molecule has 0 aliphatic heterocycles. The Morgan fingerprint density at radius 3 is 2.60 bits per heavy atom. The molecule has 0 amide bonds. The largest absolute Gasteiger partial charge is 0.522 e. The summed E-state index contributed by atoms with van der Waals surface area (Å²) in [6.45, 7) is 2.99. The topological polar surface area (TPSA) is 21.3 Å². The van der Waals surface area contributed by atoms with E-state index in [1.807, 2.05) is 0 Å². The normalized spacial score (nSPS) is 27.2. The second-order valence-electron chi connectivity index (χ2n) is 4.28. The SMILES string of the molecule is CC1CCC(CNCCOC(F)(F)F)C1. The van der Waals surface area contributed by atoms with Gasteiger partial charge in [0.05, 0.1) is 6.61 Å². The third kappa shape index (κ3) is 5.99. The lowest BCUT2D eigenvalue weighted by atomic mass is 10.1. The quantitative estimate of drug-likeness (QED) is 0.726. The van der Waals surface area contributed by atoms with Gasteiger partial charge in [-0.15, -0.1) is 13.2 Å². The maximum absolute atomic E-state index is 11.6. The first-order chi connectivity index (χ1) is 6.97. The van der Waals surface area contributed by atoms with Crippen LogP contribution in [-0.4, -0.2) is 26.1 Å². The molecule has 1 saturated carbocycles. The molecule has 0 aromatic rings. The molecule has 1 N–H and O–H groups in total. The predicted octanol–water partition coefficient (Wildman–Crippen LogP) is 2.55. The van der Waals surface area contributed by atoms with Crippen molar-refractivity contribution in [3.8, 4) is 0 Å². The third-order valence-corrected chi connectivity index (χ3v) is 2.78. The number of hydrogen-bond donors (Lipinski definition) is 1. The van der Waals surface area contributed by atoms with E-state index in [-0.39, 0.29) is 13.2 Å². The summed E-state index contributed by atoms with van der Waals surface area (Å²) < 4.78 is 38.4. The Balaban J connectivity index is 1.93. The van der Waals surface area contributed by atoms with Crippen LogP contribution in [0.5, 0.6) is 0 Å². The first-order valence-corrected chi connectivity index (χ1v) is 5.39. The highest BCUT2D eigenvalue weighted by Crippen LogP contribution is 2.29. The molecule has 1 fully saturated rings. The molecule has 90 valence electrons. The van der Waals surface area contributed by atoms with Crippen LogP contribution in [0.25, 0.3) is 0 Å². The molecule has 1 aliphatic rings. The van der Waals surface area contributed by atoms with Crippen LogP contribution in [0.1, 0.15) is 26.2 Å². The van der Waals surface area contributed by atoms with Crippen LogP contribution in [-0.2, 0) is 4.74 Å². The number of ether oxygens (including phenoxy) is 1. The van der Waals surface area contributed by atoms with E-state index >= 15 is 0 Å². The molecule has 0 aromatic heterocycles. The molecule has 0 heterocycles. The van der Waals surface area contributed by atoms with E-state index in [1.54, 1.807) is 0 Å². The fraction of sp³-hybridized carbons (Fsp3) is 1.00. The summed E-state index contributed by atoms with van der Waals surface area (Å²) in [5.41, 5.74) is 0. The lowest BCUT2D eigenvalue weighted by molar-refractivity contribution is -0.323. The summed E-state index contributed by atoms with van der Waals surface area (Å²) in [5.74, 6) is 1.40. The van der Waals surface area contributed by atoms with Gasteiger partial charge in [-0.05, 0) is 31.2 Å². The molecule has 0 aromatic carbocycles. The minimum Gasteiger partial charge on any atom is -0.314 e. The zero-order chi connectivity index (χ0) is 11.3. The van der Waals surface area contributed by atoms with Crippen molar-refractivity contribution in [3.05, 3.63) is 0 Å². The fourth-order valence-electron chi connectivity index (χ4n) is 2.06. The minimum absolute atomic E-state index is 0.268. The molecular weight excluding hydrogens is 207 g/mol. The van der Waals surface area contributed by atoms with Crippen molar-refractivity contribution in [2.45, 2.75) is 32.5 Å². The minimum atomic E-state index is -4.50. The lowest BCUT2D eigenvalue weighted by Crippen LogP contribution is -2.27. The summed E-state index contributed by atoms with van der Waals surface area (Å²) in [5, 5.41) is 3.00. The Labute approximate surface area is 88.2 Å². The van der Waals surface area contributed by atoms with Crippen LogP contribution < -0.4 is 5.32 Å². The van der Waals surface area contributed by atoms with Crippen molar-refractivity contribution in [2.24, 2.45) is 11.8 Å². The Hall–Kier alpha value is -0.290. The number of rotatable bonds is 5. The zero-order valence-corrected chi connectivity index (χ0v) is 8.94. The summed E-state index contributed by atoms with van der Waals surface area (Å²) in [4.78, 5) is 0. The van der Waals surface area contributed by atoms with E-state index < -0.39 is 6.36 Å². The average molecular weight is 225 g/mol. The van der Waals surface area contributed by atoms with Gasteiger partial charge in [0.2, 0.25) is 0 Å². The highest BCUT2D eigenvalue weighted by Gasteiger charge is 2.28. The molecule has 5 heteroatoms. The van der Waals surface area contributed by atoms with Gasteiger partial charge in [-0.2, -0.15) is 0 Å². The van der Waals surface area contributed by atoms with E-state index in [4.69, 9.17) is 0 Å². The third-order valence-electron chi connectivity index (χ3n) is 2.78. The molecule has 0 spiro atoms. The standard InChI is InChI=1S/C10H18F3NO/c1-8-2-3-9(6-8)7-14-4-5-15-10(11,12)13/h8-9,14H,2-7H2,1H3. The predicted molar refractivity (Wildman–Crippen MR) is 51.4 cm³/mol. The van der Waals surface area contributed by atoms with Crippen molar-refractivity contribution < 1.29 is 17.9 Å². The van der Waals surface area contributed by atoms with Crippen molar-refractivity contribution in [2.75, 3.05) is 19.7 Å². The molecule has 0 saturated heterocycles. The van der Waals surface area contributed by atoms with Gasteiger partial charge in [0.1, 0.15) is 0 Å². The van der Waals surface area contributed by atoms with Crippen LogP contribution in [0.4, 0.5) is 13.2 Å². The Kier molecular flexibility index (Phi) is 4.86. The van der Waals surface area contributed by atoms with Crippen molar-refractivity contribution in [3.63, 3.8) is 0 Å². The van der Waals surface area contributed by atoms with Crippen LogP contribution >= 0.6 is 0 Å². The van der Waals surface area contributed by atoms with Crippen LogP contribution in [0.3, 0.4) is 0 Å². The van der Waals surface area contributed by atoms with Crippen molar-refractivity contribution >= 4 is 0 Å². The molecule has 1 aliphatic carbocycles. The fourth-order valence-corrected chi connectivity index (χ4v) is 2.06. The van der Waals surface area contributed by atoms with Crippen LogP contribution in [0, 0.1) is 11.8 Å². The van der Waals surface area contributed by atoms with Crippen molar-refractivity contribution in [1.82, 2.24) is 5.32 Å². The van der Waals surface area contributed by atoms with Gasteiger partial charge in [-0.25, -0.2) is 0 Å². The molecule has 0 bridgehead atoms. The van der Waals surface area contributed by atoms with Gasteiger partial charge in [0.15, 0.2) is 0 Å². The number of halogens is 3. The maximum atomic E-state index is 11.6. The van der Waals surface area contributed by atoms with Gasteiger partial charge in [0.25, 0.3) is 0 Å². The lowest BCUT2D eigenvalue weighted by Gasteiger charge is -2.11. The van der Waals surface area contributed by atoms with Gasteiger partial charge in [0, 0.05) is 6.54 Å². The first-order valence-electron chi connectivity index (χ1n) is 5.39. The highest BCUT2D eigenvalue weighted by molar-refractivity contribution is 4.74. The maximum Gasteiger partial charge on any atom is 0.522 e. The first kappa shape index (κ1) is 12.8. The Morgan fingerprint density at radius 2 is 2.07 bits per heavy atom. The Bertz CT molecular complexity index is 184. The second-order valence-corrected chi connectivity index (χ2v) is 4.28. The number of alkyl halides is 3. The Morgan fingerprint density at radius 1 is 1.33 bits per heavy atom. The van der Waals surface area contributed by atoms with Gasteiger partial charge in [-0.1, -0.05) is 13.3 Å². The van der Waals surface area contributed by atoms with Gasteiger partial charge >= 0.3 is 6.36 Å². The van der Waals surface area contributed by atoms with E-state index in [0.717, 1.165) is 12.5 Å². The van der Waals surface area contributed by atoms with E-state index in [0.29, 0.717) is 5.92 Å². The molecule has 1 rings (SSSR count). The molecular formula is C10H18F3NO. The van der Waals surface area contributed by atoms with E-state index in [9.17, 15) is 13.2 Å². The zero-order valence-electron chi connectivity index (χ0n) is 8.94. The van der Waals surface area contributed by atoms with Gasteiger partial charge < -0.3 is 5.32 Å². The van der Waals surface area contributed by atoms with E-state index in [2.05, 4.69) is 17.0 Å². The smallest absolute Gasteiger partial charge is 0.314 e. The monoisotopic (exact) mass is 225 g/mol. The highest BCUT2D eigenvalue weighted by atomic mass is 19.4. The molecule has 2 nitrogen and oxygen atoms in total. The average Bonchev–Trinajstić information content (AvgIpc) is 2.49. The summed E-state index contributed by atoms with van der Waals surface area (Å²) in [6.07, 6.45) is -0.879. The molecule has 2 unspecified atom stereocenters. The van der Waals surface area contributed by atoms with Crippen LogP contribution in [0.15, 0.2) is 0 Å². The summed E-state index contributed by atoms with van der Waals surface area (Å²) in [7, 11) is 0. The summed E-state index contributed by atoms with van der Waals surface area (Å²) in [6, 6.07) is 0. The molecule has 0 radical (unpaired) electrons. The van der Waals surface area contributed by atoms with Crippen molar-refractivity contribution in [1.29, 1.82) is 0 Å². The number of nitrogens with one attached hydrogen (secondary N) is 1. The molecule has 15 heavy (non-hydrogen) atoms. The summed E-state index contributed by atoms with van der Waals surface area (Å²) >= 11 is 0. The number of hydrogen-bond acceptors (Lipinski definition) is 2. The van der Waals surface area contributed by atoms with E-state index in [1.165, 1.54) is 19.3 Å².